The third kappa shape index (κ3) is 3.89. The smallest absolute Gasteiger partial charge is 0.314 e. The molecule has 0 radical (unpaired) electrons. The van der Waals surface area contributed by atoms with E-state index in [4.69, 9.17) is 5.73 Å². The number of carbonyl (C=O) groups excluding carboxylic acids is 2. The fourth-order valence-electron chi connectivity index (χ4n) is 2.32. The number of aliphatic hydroxyl groups is 1. The van der Waals surface area contributed by atoms with Crippen molar-refractivity contribution in [2.75, 3.05) is 13.1 Å². The first-order chi connectivity index (χ1) is 7.93. The highest BCUT2D eigenvalue weighted by atomic mass is 16.3. The van der Waals surface area contributed by atoms with E-state index in [-0.39, 0.29) is 17.9 Å². The predicted molar refractivity (Wildman–Crippen MR) is 63.2 cm³/mol. The number of amides is 3. The molecule has 0 aromatic heterocycles. The van der Waals surface area contributed by atoms with E-state index in [1.165, 1.54) is 11.8 Å². The van der Waals surface area contributed by atoms with Crippen LogP contribution in [0.3, 0.4) is 0 Å². The van der Waals surface area contributed by atoms with Crippen LogP contribution in [0.4, 0.5) is 4.79 Å². The highest BCUT2D eigenvalue weighted by Crippen LogP contribution is 2.21. The van der Waals surface area contributed by atoms with Crippen molar-refractivity contribution in [3.05, 3.63) is 0 Å². The van der Waals surface area contributed by atoms with Gasteiger partial charge in [0.1, 0.15) is 0 Å². The molecule has 0 bridgehead atoms. The van der Waals surface area contributed by atoms with E-state index < -0.39 is 12.1 Å². The van der Waals surface area contributed by atoms with Crippen molar-refractivity contribution < 1.29 is 14.7 Å². The lowest BCUT2D eigenvalue weighted by molar-refractivity contribution is -0.120. The molecule has 3 atom stereocenters. The van der Waals surface area contributed by atoms with Gasteiger partial charge in [-0.3, -0.25) is 4.79 Å². The van der Waals surface area contributed by atoms with Gasteiger partial charge >= 0.3 is 6.03 Å². The Kier molecular flexibility index (Phi) is 4.74. The minimum Gasteiger partial charge on any atom is -0.393 e. The number of primary amides is 1. The molecular formula is C11H21N3O3. The summed E-state index contributed by atoms with van der Waals surface area (Å²) >= 11 is 0. The molecule has 17 heavy (non-hydrogen) atoms. The van der Waals surface area contributed by atoms with E-state index in [0.717, 1.165) is 0 Å². The zero-order valence-electron chi connectivity index (χ0n) is 10.3. The van der Waals surface area contributed by atoms with Gasteiger partial charge in [0.05, 0.1) is 6.10 Å². The highest BCUT2D eigenvalue weighted by molar-refractivity contribution is 5.74. The van der Waals surface area contributed by atoms with E-state index >= 15 is 0 Å². The van der Waals surface area contributed by atoms with Gasteiger partial charge in [0.25, 0.3) is 0 Å². The van der Waals surface area contributed by atoms with Gasteiger partial charge in [0.15, 0.2) is 0 Å². The van der Waals surface area contributed by atoms with Crippen LogP contribution >= 0.6 is 0 Å². The first-order valence-corrected chi connectivity index (χ1v) is 5.93. The summed E-state index contributed by atoms with van der Waals surface area (Å²) in [6.45, 7) is 4.21. The monoisotopic (exact) mass is 243 g/mol. The van der Waals surface area contributed by atoms with Crippen molar-refractivity contribution >= 4 is 11.9 Å². The Morgan fingerprint density at radius 1 is 1.53 bits per heavy atom. The standard InChI is InChI=1S/C11H21N3O3/c1-3-10(16)8-4-9(13-7(2)15)6-14(5-8)11(12)17/h8-10,16H,3-6H2,1-2H3,(H2,12,17)(H,13,15). The molecule has 0 spiro atoms. The van der Waals surface area contributed by atoms with Gasteiger partial charge < -0.3 is 21.1 Å². The Morgan fingerprint density at radius 3 is 2.65 bits per heavy atom. The number of likely N-dealkylation sites (tertiary alicyclic amines) is 1. The molecule has 4 N–H and O–H groups in total. The average Bonchev–Trinajstić information content (AvgIpc) is 2.26. The summed E-state index contributed by atoms with van der Waals surface area (Å²) in [7, 11) is 0. The van der Waals surface area contributed by atoms with E-state index in [1.54, 1.807) is 0 Å². The molecule has 1 aliphatic rings. The fraction of sp³-hybridized carbons (Fsp3) is 0.818. The lowest BCUT2D eigenvalue weighted by Gasteiger charge is -2.38. The summed E-state index contributed by atoms with van der Waals surface area (Å²) in [5.74, 6) is -0.163. The zero-order valence-corrected chi connectivity index (χ0v) is 10.3. The van der Waals surface area contributed by atoms with Crippen molar-refractivity contribution in [2.45, 2.75) is 38.8 Å². The first-order valence-electron chi connectivity index (χ1n) is 5.93. The predicted octanol–water partition coefficient (Wildman–Crippen LogP) is -0.337. The minimum absolute atomic E-state index is 0.0295. The van der Waals surface area contributed by atoms with Crippen molar-refractivity contribution in [1.29, 1.82) is 0 Å². The first kappa shape index (κ1) is 13.8. The molecular weight excluding hydrogens is 222 g/mol. The van der Waals surface area contributed by atoms with Crippen LogP contribution in [0.2, 0.25) is 0 Å². The molecule has 1 heterocycles. The summed E-state index contributed by atoms with van der Waals surface area (Å²) in [5, 5.41) is 12.6. The van der Waals surface area contributed by atoms with E-state index in [2.05, 4.69) is 5.32 Å². The molecule has 0 saturated carbocycles. The number of hydrogen-bond donors (Lipinski definition) is 3. The Morgan fingerprint density at radius 2 is 2.18 bits per heavy atom. The summed E-state index contributed by atoms with van der Waals surface area (Å²) in [4.78, 5) is 23.7. The number of piperidine rings is 1. The average molecular weight is 243 g/mol. The second-order valence-corrected chi connectivity index (χ2v) is 4.61. The molecule has 0 aliphatic carbocycles. The van der Waals surface area contributed by atoms with Crippen LogP contribution in [0.25, 0.3) is 0 Å². The van der Waals surface area contributed by atoms with E-state index in [9.17, 15) is 14.7 Å². The lowest BCUT2D eigenvalue weighted by atomic mass is 9.88. The molecule has 1 rings (SSSR count). The zero-order chi connectivity index (χ0) is 13.0. The van der Waals surface area contributed by atoms with E-state index in [0.29, 0.717) is 25.9 Å². The number of urea groups is 1. The van der Waals surface area contributed by atoms with Crippen LogP contribution in [-0.4, -0.2) is 47.2 Å². The van der Waals surface area contributed by atoms with Gasteiger partial charge in [0, 0.05) is 32.0 Å². The number of hydrogen-bond acceptors (Lipinski definition) is 3. The largest absolute Gasteiger partial charge is 0.393 e. The summed E-state index contributed by atoms with van der Waals surface area (Å²) < 4.78 is 0. The van der Waals surface area contributed by atoms with Gasteiger partial charge in [-0.05, 0) is 12.8 Å². The van der Waals surface area contributed by atoms with Crippen LogP contribution in [0, 0.1) is 5.92 Å². The summed E-state index contributed by atoms with van der Waals surface area (Å²) in [5.41, 5.74) is 5.26. The fourth-order valence-corrected chi connectivity index (χ4v) is 2.32. The van der Waals surface area contributed by atoms with Crippen molar-refractivity contribution in [2.24, 2.45) is 11.7 Å². The molecule has 6 heteroatoms. The molecule has 6 nitrogen and oxygen atoms in total. The number of aliphatic hydroxyl groups excluding tert-OH is 1. The number of nitrogens with two attached hydrogens (primary N) is 1. The molecule has 0 aromatic carbocycles. The topological polar surface area (TPSA) is 95.7 Å². The third-order valence-electron chi connectivity index (χ3n) is 3.16. The number of carbonyl (C=O) groups is 2. The normalized spacial score (nSPS) is 26.4. The molecule has 3 amide bonds. The Balaban J connectivity index is 2.68. The molecule has 1 saturated heterocycles. The van der Waals surface area contributed by atoms with Gasteiger partial charge in [-0.15, -0.1) is 0 Å². The number of rotatable bonds is 3. The summed E-state index contributed by atoms with van der Waals surface area (Å²) in [6, 6.07) is -0.631. The SMILES string of the molecule is CCC(O)C1CC(NC(C)=O)CN(C(N)=O)C1. The van der Waals surface area contributed by atoms with Crippen molar-refractivity contribution in [3.8, 4) is 0 Å². The Labute approximate surface area is 101 Å². The molecule has 1 fully saturated rings. The van der Waals surface area contributed by atoms with Crippen LogP contribution in [0.1, 0.15) is 26.7 Å². The van der Waals surface area contributed by atoms with Crippen LogP contribution in [0.15, 0.2) is 0 Å². The quantitative estimate of drug-likeness (QED) is 0.633. The minimum atomic E-state index is -0.506. The molecule has 3 unspecified atom stereocenters. The molecule has 98 valence electrons. The maximum Gasteiger partial charge on any atom is 0.314 e. The number of nitrogens with one attached hydrogen (secondary N) is 1. The highest BCUT2D eigenvalue weighted by Gasteiger charge is 2.32. The van der Waals surface area contributed by atoms with Crippen molar-refractivity contribution in [1.82, 2.24) is 10.2 Å². The van der Waals surface area contributed by atoms with Gasteiger partial charge in [-0.1, -0.05) is 6.92 Å². The van der Waals surface area contributed by atoms with E-state index in [1.807, 2.05) is 6.92 Å². The molecule has 1 aliphatic heterocycles. The number of nitrogens with zero attached hydrogens (tertiary/aromatic N) is 1. The van der Waals surface area contributed by atoms with Gasteiger partial charge in [-0.25, -0.2) is 4.79 Å². The van der Waals surface area contributed by atoms with Crippen LogP contribution in [-0.2, 0) is 4.79 Å². The Bertz CT molecular complexity index is 296. The third-order valence-corrected chi connectivity index (χ3v) is 3.16. The Hall–Kier alpha value is -1.30. The maximum atomic E-state index is 11.2. The maximum absolute atomic E-state index is 11.2. The molecule has 0 aromatic rings. The van der Waals surface area contributed by atoms with Crippen LogP contribution < -0.4 is 11.1 Å². The van der Waals surface area contributed by atoms with Gasteiger partial charge in [0.2, 0.25) is 5.91 Å². The van der Waals surface area contributed by atoms with Gasteiger partial charge in [-0.2, -0.15) is 0 Å². The van der Waals surface area contributed by atoms with Crippen molar-refractivity contribution in [3.63, 3.8) is 0 Å². The van der Waals surface area contributed by atoms with Crippen LogP contribution in [0.5, 0.6) is 0 Å². The summed E-state index contributed by atoms with van der Waals surface area (Å²) in [6.07, 6.45) is 0.844. The lowest BCUT2D eigenvalue weighted by Crippen LogP contribution is -2.55. The second kappa shape index (κ2) is 5.86. The second-order valence-electron chi connectivity index (χ2n) is 4.61.